The maximum Gasteiger partial charge on any atom is 0.153 e. The summed E-state index contributed by atoms with van der Waals surface area (Å²) in [6.07, 6.45) is 3.68. The van der Waals surface area contributed by atoms with E-state index in [1.807, 2.05) is 29.1 Å². The molecular weight excluding hydrogens is 256 g/mol. The van der Waals surface area contributed by atoms with E-state index in [0.717, 1.165) is 22.7 Å². The molecule has 4 nitrogen and oxygen atoms in total. The van der Waals surface area contributed by atoms with Crippen molar-refractivity contribution < 1.29 is 0 Å². The monoisotopic (exact) mass is 266 g/mol. The van der Waals surface area contributed by atoms with Crippen molar-refractivity contribution in [1.82, 2.24) is 14.8 Å². The molecule has 0 fully saturated rings. The van der Waals surface area contributed by atoms with Crippen LogP contribution in [0.15, 0.2) is 35.1 Å². The van der Waals surface area contributed by atoms with Crippen molar-refractivity contribution in [3.63, 3.8) is 0 Å². The summed E-state index contributed by atoms with van der Waals surface area (Å²) in [5.74, 6) is 1.60. The molecule has 0 unspecified atom stereocenters. The number of nitrogens with one attached hydrogen (secondary N) is 1. The molecule has 0 bridgehead atoms. The normalized spacial score (nSPS) is 10.3. The predicted molar refractivity (Wildman–Crippen MR) is 63.1 cm³/mol. The Hall–Kier alpha value is -1.36. The van der Waals surface area contributed by atoms with Gasteiger partial charge >= 0.3 is 0 Å². The highest BCUT2D eigenvalue weighted by Crippen LogP contribution is 2.14. The van der Waals surface area contributed by atoms with Gasteiger partial charge in [0.05, 0.1) is 0 Å². The van der Waals surface area contributed by atoms with E-state index in [1.165, 1.54) is 0 Å². The number of aryl methyl sites for hydroxylation is 1. The quantitative estimate of drug-likeness (QED) is 0.929. The first-order valence-corrected chi connectivity index (χ1v) is 5.49. The van der Waals surface area contributed by atoms with E-state index in [4.69, 9.17) is 0 Å². The third kappa shape index (κ3) is 2.56. The summed E-state index contributed by atoms with van der Waals surface area (Å²) in [5.41, 5.74) is 0. The van der Waals surface area contributed by atoms with Crippen LogP contribution in [-0.2, 0) is 6.54 Å². The SMILES string of the molecule is CCn1ccc(Nc2ccc(Br)cn2)n1. The van der Waals surface area contributed by atoms with E-state index in [9.17, 15) is 0 Å². The fraction of sp³-hybridized carbons (Fsp3) is 0.200. The summed E-state index contributed by atoms with van der Waals surface area (Å²) in [4.78, 5) is 4.20. The Kier molecular flexibility index (Phi) is 3.01. The van der Waals surface area contributed by atoms with Crippen LogP contribution in [0.1, 0.15) is 6.92 Å². The molecule has 0 spiro atoms. The fourth-order valence-corrected chi connectivity index (χ4v) is 1.42. The van der Waals surface area contributed by atoms with Gasteiger partial charge in [0.1, 0.15) is 5.82 Å². The molecule has 2 heterocycles. The van der Waals surface area contributed by atoms with Crippen molar-refractivity contribution in [2.75, 3.05) is 5.32 Å². The fourth-order valence-electron chi connectivity index (χ4n) is 1.19. The molecule has 0 saturated carbocycles. The summed E-state index contributed by atoms with van der Waals surface area (Å²) in [6.45, 7) is 2.92. The lowest BCUT2D eigenvalue weighted by atomic mass is 10.4. The molecule has 0 saturated heterocycles. The summed E-state index contributed by atoms with van der Waals surface area (Å²) >= 11 is 3.34. The Morgan fingerprint density at radius 3 is 2.80 bits per heavy atom. The van der Waals surface area contributed by atoms with E-state index in [2.05, 4.69) is 38.3 Å². The second kappa shape index (κ2) is 4.44. The van der Waals surface area contributed by atoms with Crippen LogP contribution in [0, 0.1) is 0 Å². The minimum absolute atomic E-state index is 0.791. The van der Waals surface area contributed by atoms with Gasteiger partial charge in [-0.25, -0.2) is 4.98 Å². The van der Waals surface area contributed by atoms with E-state index < -0.39 is 0 Å². The van der Waals surface area contributed by atoms with Gasteiger partial charge in [0.25, 0.3) is 0 Å². The second-order valence-corrected chi connectivity index (χ2v) is 3.96. The van der Waals surface area contributed by atoms with Crippen molar-refractivity contribution in [2.45, 2.75) is 13.5 Å². The largest absolute Gasteiger partial charge is 0.323 e. The molecule has 0 aliphatic heterocycles. The van der Waals surface area contributed by atoms with Gasteiger partial charge in [0.15, 0.2) is 5.82 Å². The van der Waals surface area contributed by atoms with Gasteiger partial charge < -0.3 is 5.32 Å². The van der Waals surface area contributed by atoms with Gasteiger partial charge in [-0.15, -0.1) is 0 Å². The topological polar surface area (TPSA) is 42.7 Å². The molecule has 2 rings (SSSR count). The molecule has 1 N–H and O–H groups in total. The van der Waals surface area contributed by atoms with Gasteiger partial charge in [0, 0.05) is 29.5 Å². The smallest absolute Gasteiger partial charge is 0.153 e. The summed E-state index contributed by atoms with van der Waals surface area (Å²) in [6, 6.07) is 5.76. The Morgan fingerprint density at radius 1 is 1.33 bits per heavy atom. The molecule has 15 heavy (non-hydrogen) atoms. The van der Waals surface area contributed by atoms with E-state index in [-0.39, 0.29) is 0 Å². The van der Waals surface area contributed by atoms with Gasteiger partial charge in [-0.3, -0.25) is 4.68 Å². The maximum atomic E-state index is 4.30. The molecule has 0 atom stereocenters. The zero-order chi connectivity index (χ0) is 10.7. The zero-order valence-corrected chi connectivity index (χ0v) is 9.90. The Morgan fingerprint density at radius 2 is 2.20 bits per heavy atom. The molecule has 0 aliphatic rings. The average Bonchev–Trinajstić information content (AvgIpc) is 2.69. The summed E-state index contributed by atoms with van der Waals surface area (Å²) in [5, 5.41) is 7.42. The number of hydrogen-bond acceptors (Lipinski definition) is 3. The van der Waals surface area contributed by atoms with Crippen molar-refractivity contribution in [3.8, 4) is 0 Å². The van der Waals surface area contributed by atoms with Crippen molar-refractivity contribution in [1.29, 1.82) is 0 Å². The van der Waals surface area contributed by atoms with Gasteiger partial charge in [0.2, 0.25) is 0 Å². The molecule has 5 heteroatoms. The van der Waals surface area contributed by atoms with Crippen molar-refractivity contribution >= 4 is 27.6 Å². The van der Waals surface area contributed by atoms with Gasteiger partial charge in [-0.2, -0.15) is 5.10 Å². The van der Waals surface area contributed by atoms with Crippen molar-refractivity contribution in [2.24, 2.45) is 0 Å². The number of halogens is 1. The van der Waals surface area contributed by atoms with Gasteiger partial charge in [-0.05, 0) is 35.0 Å². The Balaban J connectivity index is 2.11. The van der Waals surface area contributed by atoms with Crippen LogP contribution in [-0.4, -0.2) is 14.8 Å². The first kappa shape index (κ1) is 10.2. The molecule has 0 aliphatic carbocycles. The van der Waals surface area contributed by atoms with Gasteiger partial charge in [-0.1, -0.05) is 0 Å². The number of hydrogen-bond donors (Lipinski definition) is 1. The highest BCUT2D eigenvalue weighted by molar-refractivity contribution is 9.10. The highest BCUT2D eigenvalue weighted by atomic mass is 79.9. The van der Waals surface area contributed by atoms with Crippen LogP contribution >= 0.6 is 15.9 Å². The zero-order valence-electron chi connectivity index (χ0n) is 8.31. The average molecular weight is 267 g/mol. The van der Waals surface area contributed by atoms with Crippen LogP contribution < -0.4 is 5.32 Å². The van der Waals surface area contributed by atoms with E-state index in [1.54, 1.807) is 6.20 Å². The number of nitrogens with zero attached hydrogens (tertiary/aromatic N) is 3. The standard InChI is InChI=1S/C10H11BrN4/c1-2-15-6-5-10(14-15)13-9-4-3-8(11)7-12-9/h3-7H,2H2,1H3,(H,12,13,14). The third-order valence-corrected chi connectivity index (χ3v) is 2.42. The lowest BCUT2D eigenvalue weighted by molar-refractivity contribution is 0.662. The van der Waals surface area contributed by atoms with E-state index >= 15 is 0 Å². The van der Waals surface area contributed by atoms with E-state index in [0.29, 0.717) is 0 Å². The second-order valence-electron chi connectivity index (χ2n) is 3.04. The number of aromatic nitrogens is 3. The number of pyridine rings is 1. The summed E-state index contributed by atoms with van der Waals surface area (Å²) in [7, 11) is 0. The van der Waals surface area contributed by atoms with Crippen LogP contribution in [0.2, 0.25) is 0 Å². The molecule has 2 aromatic rings. The third-order valence-electron chi connectivity index (χ3n) is 1.95. The minimum Gasteiger partial charge on any atom is -0.323 e. The summed E-state index contributed by atoms with van der Waals surface area (Å²) < 4.78 is 2.83. The first-order chi connectivity index (χ1) is 7.28. The lowest BCUT2D eigenvalue weighted by Crippen LogP contribution is -1.97. The molecule has 2 aromatic heterocycles. The molecule has 0 aromatic carbocycles. The van der Waals surface area contributed by atoms with Crippen LogP contribution in [0.5, 0.6) is 0 Å². The van der Waals surface area contributed by atoms with Crippen LogP contribution in [0.3, 0.4) is 0 Å². The minimum atomic E-state index is 0.791. The molecule has 0 radical (unpaired) electrons. The molecule has 0 amide bonds. The van der Waals surface area contributed by atoms with Crippen molar-refractivity contribution in [3.05, 3.63) is 35.1 Å². The van der Waals surface area contributed by atoms with Crippen LogP contribution in [0.4, 0.5) is 11.6 Å². The molecule has 78 valence electrons. The molecular formula is C10H11BrN4. The number of anilines is 2. The van der Waals surface area contributed by atoms with Crippen LogP contribution in [0.25, 0.3) is 0 Å². The Bertz CT molecular complexity index is 435. The first-order valence-electron chi connectivity index (χ1n) is 4.70. The maximum absolute atomic E-state index is 4.30. The number of rotatable bonds is 3. The lowest BCUT2D eigenvalue weighted by Gasteiger charge is -2.01. The highest BCUT2D eigenvalue weighted by Gasteiger charge is 1.98. The predicted octanol–water partition coefficient (Wildman–Crippen LogP) is 2.80. The Labute approximate surface area is 96.5 Å².